The van der Waals surface area contributed by atoms with Gasteiger partial charge in [-0.2, -0.15) is 0 Å². The summed E-state index contributed by atoms with van der Waals surface area (Å²) in [6.45, 7) is 3.25. The Kier molecular flexibility index (Phi) is 5.08. The number of nitrogens with zero attached hydrogens (tertiary/aromatic N) is 1. The quantitative estimate of drug-likeness (QED) is 0.871. The molecule has 1 aliphatic heterocycles. The fourth-order valence-electron chi connectivity index (χ4n) is 2.75. The highest BCUT2D eigenvalue weighted by Gasteiger charge is 2.27. The minimum Gasteiger partial charge on any atom is -0.338 e. The Morgan fingerprint density at radius 3 is 2.73 bits per heavy atom. The number of rotatable bonds is 4. The lowest BCUT2D eigenvalue weighted by Gasteiger charge is -2.35. The topological polar surface area (TPSA) is 92.5 Å². The van der Waals surface area contributed by atoms with Gasteiger partial charge in [-0.3, -0.25) is 9.52 Å². The Balaban J connectivity index is 2.22. The smallest absolute Gasteiger partial charge is 0.255 e. The van der Waals surface area contributed by atoms with Gasteiger partial charge >= 0.3 is 0 Å². The Labute approximate surface area is 131 Å². The van der Waals surface area contributed by atoms with Crippen LogP contribution in [0, 0.1) is 5.92 Å². The zero-order valence-electron chi connectivity index (χ0n) is 13.0. The molecule has 1 aliphatic rings. The van der Waals surface area contributed by atoms with Crippen LogP contribution in [0.4, 0.5) is 5.69 Å². The zero-order valence-corrected chi connectivity index (χ0v) is 13.8. The van der Waals surface area contributed by atoms with Gasteiger partial charge in [-0.25, -0.2) is 8.42 Å². The van der Waals surface area contributed by atoms with E-state index in [9.17, 15) is 13.2 Å². The summed E-state index contributed by atoms with van der Waals surface area (Å²) in [5.41, 5.74) is 6.64. The lowest BCUT2D eigenvalue weighted by Crippen LogP contribution is -2.45. The van der Waals surface area contributed by atoms with E-state index in [0.717, 1.165) is 19.1 Å². The van der Waals surface area contributed by atoms with Gasteiger partial charge in [-0.15, -0.1) is 0 Å². The number of likely N-dealkylation sites (tertiary alicyclic amines) is 1. The van der Waals surface area contributed by atoms with Crippen molar-refractivity contribution >= 4 is 21.6 Å². The number of nitrogens with one attached hydrogen (secondary N) is 1. The van der Waals surface area contributed by atoms with E-state index in [1.807, 2.05) is 6.92 Å². The SMILES string of the molecule is CC(N)C1CCCN(C(=O)c2ccccc2NS(C)(=O)=O)C1. The molecule has 1 fully saturated rings. The molecule has 22 heavy (non-hydrogen) atoms. The fourth-order valence-corrected chi connectivity index (χ4v) is 3.33. The number of amides is 1. The van der Waals surface area contributed by atoms with Crippen molar-refractivity contribution in [1.82, 2.24) is 4.90 Å². The molecule has 2 atom stereocenters. The monoisotopic (exact) mass is 325 g/mol. The van der Waals surface area contributed by atoms with Gasteiger partial charge < -0.3 is 10.6 Å². The largest absolute Gasteiger partial charge is 0.338 e. The molecule has 1 amide bonds. The summed E-state index contributed by atoms with van der Waals surface area (Å²) in [6.07, 6.45) is 3.01. The number of para-hydroxylation sites is 1. The van der Waals surface area contributed by atoms with Crippen LogP contribution >= 0.6 is 0 Å². The van der Waals surface area contributed by atoms with Gasteiger partial charge in [0.15, 0.2) is 0 Å². The van der Waals surface area contributed by atoms with Crippen molar-refractivity contribution in [3.05, 3.63) is 29.8 Å². The van der Waals surface area contributed by atoms with Gasteiger partial charge in [0.25, 0.3) is 5.91 Å². The van der Waals surface area contributed by atoms with Crippen molar-refractivity contribution in [2.75, 3.05) is 24.1 Å². The zero-order chi connectivity index (χ0) is 16.3. The number of carbonyl (C=O) groups is 1. The number of hydrogen-bond donors (Lipinski definition) is 2. The maximum Gasteiger partial charge on any atom is 0.255 e. The molecule has 3 N–H and O–H groups in total. The minimum atomic E-state index is -3.43. The second-order valence-electron chi connectivity index (χ2n) is 5.93. The van der Waals surface area contributed by atoms with Crippen LogP contribution < -0.4 is 10.5 Å². The molecule has 1 saturated heterocycles. The van der Waals surface area contributed by atoms with Gasteiger partial charge in [-0.05, 0) is 37.8 Å². The van der Waals surface area contributed by atoms with E-state index in [0.29, 0.717) is 24.3 Å². The molecule has 1 heterocycles. The van der Waals surface area contributed by atoms with Gasteiger partial charge in [-0.1, -0.05) is 12.1 Å². The molecule has 0 saturated carbocycles. The molecular weight excluding hydrogens is 302 g/mol. The van der Waals surface area contributed by atoms with Crippen molar-refractivity contribution in [3.8, 4) is 0 Å². The third-order valence-corrected chi connectivity index (χ3v) is 4.53. The van der Waals surface area contributed by atoms with Crippen molar-refractivity contribution in [1.29, 1.82) is 0 Å². The minimum absolute atomic E-state index is 0.0417. The predicted octanol–water partition coefficient (Wildman–Crippen LogP) is 1.26. The van der Waals surface area contributed by atoms with Crippen LogP contribution in [0.25, 0.3) is 0 Å². The summed E-state index contributed by atoms with van der Waals surface area (Å²) >= 11 is 0. The lowest BCUT2D eigenvalue weighted by atomic mass is 9.92. The van der Waals surface area contributed by atoms with Crippen LogP contribution in [0.2, 0.25) is 0 Å². The van der Waals surface area contributed by atoms with E-state index < -0.39 is 10.0 Å². The van der Waals surface area contributed by atoms with Crippen molar-refractivity contribution in [2.45, 2.75) is 25.8 Å². The molecule has 2 unspecified atom stereocenters. The van der Waals surface area contributed by atoms with Crippen molar-refractivity contribution in [3.63, 3.8) is 0 Å². The van der Waals surface area contributed by atoms with Gasteiger partial charge in [0.2, 0.25) is 10.0 Å². The van der Waals surface area contributed by atoms with Crippen LogP contribution in [0.15, 0.2) is 24.3 Å². The standard InChI is InChI=1S/C15H23N3O3S/c1-11(16)12-6-5-9-18(10-12)15(19)13-7-3-4-8-14(13)17-22(2,20)21/h3-4,7-8,11-12,17H,5-6,9-10,16H2,1-2H3. The molecule has 1 aromatic carbocycles. The number of benzene rings is 1. The first kappa shape index (κ1) is 16.8. The number of nitrogens with two attached hydrogens (primary N) is 1. The Morgan fingerprint density at radius 2 is 2.09 bits per heavy atom. The van der Waals surface area contributed by atoms with E-state index in [2.05, 4.69) is 4.72 Å². The highest BCUT2D eigenvalue weighted by Crippen LogP contribution is 2.23. The molecule has 7 heteroatoms. The van der Waals surface area contributed by atoms with Crippen LogP contribution in [0.5, 0.6) is 0 Å². The van der Waals surface area contributed by atoms with Gasteiger partial charge in [0.05, 0.1) is 17.5 Å². The van der Waals surface area contributed by atoms with Crippen molar-refractivity contribution < 1.29 is 13.2 Å². The highest BCUT2D eigenvalue weighted by molar-refractivity contribution is 7.92. The number of carbonyl (C=O) groups excluding carboxylic acids is 1. The summed E-state index contributed by atoms with van der Waals surface area (Å²) in [6, 6.07) is 6.71. The maximum absolute atomic E-state index is 12.7. The first-order valence-electron chi connectivity index (χ1n) is 7.39. The van der Waals surface area contributed by atoms with E-state index in [1.165, 1.54) is 0 Å². The highest BCUT2D eigenvalue weighted by atomic mass is 32.2. The second kappa shape index (κ2) is 6.66. The average Bonchev–Trinajstić information content (AvgIpc) is 2.45. The normalized spacial score (nSPS) is 20.5. The summed E-state index contributed by atoms with van der Waals surface area (Å²) in [5.74, 6) is 0.129. The van der Waals surface area contributed by atoms with E-state index in [4.69, 9.17) is 5.73 Å². The summed E-state index contributed by atoms with van der Waals surface area (Å²) in [5, 5.41) is 0. The fraction of sp³-hybridized carbons (Fsp3) is 0.533. The molecule has 0 aromatic heterocycles. The molecule has 122 valence electrons. The third kappa shape index (κ3) is 4.20. The summed E-state index contributed by atoms with van der Waals surface area (Å²) in [4.78, 5) is 14.5. The molecule has 0 spiro atoms. The molecule has 1 aromatic rings. The van der Waals surface area contributed by atoms with Crippen LogP contribution in [-0.2, 0) is 10.0 Å². The van der Waals surface area contributed by atoms with Crippen LogP contribution in [0.1, 0.15) is 30.1 Å². The number of piperidine rings is 1. The molecule has 2 rings (SSSR count). The van der Waals surface area contributed by atoms with Gasteiger partial charge in [0.1, 0.15) is 0 Å². The first-order valence-corrected chi connectivity index (χ1v) is 9.29. The maximum atomic E-state index is 12.7. The molecule has 0 bridgehead atoms. The summed E-state index contributed by atoms with van der Waals surface area (Å²) < 4.78 is 25.3. The molecule has 0 radical (unpaired) electrons. The molecule has 0 aliphatic carbocycles. The number of sulfonamides is 1. The second-order valence-corrected chi connectivity index (χ2v) is 7.68. The first-order chi connectivity index (χ1) is 10.3. The third-order valence-electron chi connectivity index (χ3n) is 3.94. The van der Waals surface area contributed by atoms with E-state index in [-0.39, 0.29) is 17.9 Å². The Hall–Kier alpha value is -1.60. The molecular formula is C15H23N3O3S. The van der Waals surface area contributed by atoms with Crippen LogP contribution in [-0.4, -0.2) is 44.6 Å². The van der Waals surface area contributed by atoms with Crippen LogP contribution in [0.3, 0.4) is 0 Å². The van der Waals surface area contributed by atoms with E-state index >= 15 is 0 Å². The predicted molar refractivity (Wildman–Crippen MR) is 87.2 cm³/mol. The van der Waals surface area contributed by atoms with E-state index in [1.54, 1.807) is 29.2 Å². The summed E-state index contributed by atoms with van der Waals surface area (Å²) in [7, 11) is -3.43. The molecule has 6 nitrogen and oxygen atoms in total. The van der Waals surface area contributed by atoms with Crippen molar-refractivity contribution in [2.24, 2.45) is 11.7 Å². The van der Waals surface area contributed by atoms with Gasteiger partial charge in [0, 0.05) is 19.1 Å². The Morgan fingerprint density at radius 1 is 1.41 bits per heavy atom. The Bertz CT molecular complexity index is 643. The lowest BCUT2D eigenvalue weighted by molar-refractivity contribution is 0.0662. The number of anilines is 1. The number of hydrogen-bond acceptors (Lipinski definition) is 4. The average molecular weight is 325 g/mol.